The third-order valence-corrected chi connectivity index (χ3v) is 3.98. The summed E-state index contributed by atoms with van der Waals surface area (Å²) in [6.45, 7) is 3.67. The molecular formula is C15H21N7O2. The summed E-state index contributed by atoms with van der Waals surface area (Å²) in [5.41, 5.74) is 1.19. The Morgan fingerprint density at radius 1 is 1.50 bits per heavy atom. The largest absolute Gasteiger partial charge is 0.395 e. The number of aromatic nitrogens is 5. The van der Waals surface area contributed by atoms with Crippen LogP contribution in [0.5, 0.6) is 0 Å². The van der Waals surface area contributed by atoms with Crippen LogP contribution < -0.4 is 10.2 Å². The number of nitrogens with one attached hydrogen (secondary N) is 1. The number of piperidine rings is 1. The lowest BCUT2D eigenvalue weighted by atomic mass is 10.1. The molecule has 0 aromatic carbocycles. The second kappa shape index (κ2) is 7.35. The number of aliphatic hydroxyl groups excluding tert-OH is 1. The van der Waals surface area contributed by atoms with Crippen LogP contribution in [0.25, 0.3) is 0 Å². The fourth-order valence-electron chi connectivity index (χ4n) is 2.76. The van der Waals surface area contributed by atoms with Crippen molar-refractivity contribution < 1.29 is 9.90 Å². The van der Waals surface area contributed by atoms with Gasteiger partial charge in [0.1, 0.15) is 0 Å². The predicted molar refractivity (Wildman–Crippen MR) is 86.7 cm³/mol. The third-order valence-electron chi connectivity index (χ3n) is 3.98. The van der Waals surface area contributed by atoms with E-state index in [2.05, 4.69) is 30.5 Å². The van der Waals surface area contributed by atoms with Gasteiger partial charge in [-0.25, -0.2) is 14.6 Å². The van der Waals surface area contributed by atoms with E-state index in [4.69, 9.17) is 5.11 Å². The molecular weight excluding hydrogens is 310 g/mol. The maximum absolute atomic E-state index is 11.9. The quantitative estimate of drug-likeness (QED) is 0.790. The molecule has 0 aliphatic carbocycles. The molecule has 0 bridgehead atoms. The van der Waals surface area contributed by atoms with Crippen molar-refractivity contribution in [1.82, 2.24) is 30.3 Å². The number of carbonyl (C=O) groups excluding carboxylic acids is 1. The molecule has 2 aromatic rings. The first-order valence-electron chi connectivity index (χ1n) is 8.03. The van der Waals surface area contributed by atoms with Crippen molar-refractivity contribution in [3.8, 4) is 0 Å². The van der Waals surface area contributed by atoms with Crippen LogP contribution in [0, 0.1) is 6.92 Å². The fourth-order valence-corrected chi connectivity index (χ4v) is 2.76. The number of nitrogens with zero attached hydrogens (tertiary/aromatic N) is 6. The van der Waals surface area contributed by atoms with E-state index < -0.39 is 0 Å². The molecule has 3 rings (SSSR count). The molecule has 1 amide bonds. The van der Waals surface area contributed by atoms with E-state index in [-0.39, 0.29) is 30.8 Å². The molecule has 9 heteroatoms. The summed E-state index contributed by atoms with van der Waals surface area (Å²) in [7, 11) is 0. The Bertz CT molecular complexity index is 703. The van der Waals surface area contributed by atoms with Gasteiger partial charge in [-0.1, -0.05) is 5.21 Å². The summed E-state index contributed by atoms with van der Waals surface area (Å²) in [5, 5.41) is 19.3. The average Bonchev–Trinajstić information content (AvgIpc) is 3.10. The van der Waals surface area contributed by atoms with Gasteiger partial charge in [-0.3, -0.25) is 4.79 Å². The normalized spacial score (nSPS) is 17.8. The van der Waals surface area contributed by atoms with Crippen molar-refractivity contribution in [3.05, 3.63) is 29.8 Å². The maximum atomic E-state index is 11.9. The van der Waals surface area contributed by atoms with Gasteiger partial charge in [-0.15, -0.1) is 5.10 Å². The van der Waals surface area contributed by atoms with E-state index in [1.165, 1.54) is 0 Å². The predicted octanol–water partition coefficient (Wildman–Crippen LogP) is -0.0599. The van der Waals surface area contributed by atoms with E-state index in [0.29, 0.717) is 0 Å². The Kier molecular flexibility index (Phi) is 4.99. The molecule has 1 aliphatic rings. The van der Waals surface area contributed by atoms with Gasteiger partial charge in [0.05, 0.1) is 18.8 Å². The molecule has 0 spiro atoms. The summed E-state index contributed by atoms with van der Waals surface area (Å²) in [6, 6.07) is 1.99. The van der Waals surface area contributed by atoms with Crippen LogP contribution in [0.3, 0.4) is 0 Å². The third kappa shape index (κ3) is 3.67. The molecule has 0 saturated carbocycles. The zero-order chi connectivity index (χ0) is 16.9. The lowest BCUT2D eigenvalue weighted by molar-refractivity contribution is 0.0939. The van der Waals surface area contributed by atoms with Crippen LogP contribution in [0.4, 0.5) is 5.95 Å². The number of anilines is 1. The van der Waals surface area contributed by atoms with Gasteiger partial charge < -0.3 is 15.3 Å². The summed E-state index contributed by atoms with van der Waals surface area (Å²) >= 11 is 0. The van der Waals surface area contributed by atoms with Crippen LogP contribution >= 0.6 is 0 Å². The standard InChI is InChI=1S/C15H21N7O2/c1-11-4-5-17-15(18-11)21-7-2-3-12(9-21)22-10-13(19-20-22)14(24)16-6-8-23/h4-5,10,12,23H,2-3,6-9H2,1H3,(H,16,24). The van der Waals surface area contributed by atoms with Crippen molar-refractivity contribution in [3.63, 3.8) is 0 Å². The van der Waals surface area contributed by atoms with Gasteiger partial charge in [0.25, 0.3) is 5.91 Å². The number of rotatable bonds is 5. The summed E-state index contributed by atoms with van der Waals surface area (Å²) < 4.78 is 1.73. The van der Waals surface area contributed by atoms with Crippen LogP contribution in [0.1, 0.15) is 35.1 Å². The highest BCUT2D eigenvalue weighted by Gasteiger charge is 2.24. The molecule has 24 heavy (non-hydrogen) atoms. The first-order chi connectivity index (χ1) is 11.7. The Morgan fingerprint density at radius 2 is 2.38 bits per heavy atom. The van der Waals surface area contributed by atoms with E-state index in [0.717, 1.165) is 37.6 Å². The maximum Gasteiger partial charge on any atom is 0.273 e. The molecule has 2 aromatic heterocycles. The molecule has 1 saturated heterocycles. The molecule has 1 atom stereocenters. The lowest BCUT2D eigenvalue weighted by Crippen LogP contribution is -2.38. The fraction of sp³-hybridized carbons (Fsp3) is 0.533. The molecule has 3 heterocycles. The number of hydrogen-bond donors (Lipinski definition) is 2. The molecule has 9 nitrogen and oxygen atoms in total. The smallest absolute Gasteiger partial charge is 0.273 e. The monoisotopic (exact) mass is 331 g/mol. The number of aryl methyl sites for hydroxylation is 1. The summed E-state index contributed by atoms with van der Waals surface area (Å²) in [6.07, 6.45) is 5.37. The van der Waals surface area contributed by atoms with E-state index >= 15 is 0 Å². The summed E-state index contributed by atoms with van der Waals surface area (Å²) in [5.74, 6) is 0.394. The van der Waals surface area contributed by atoms with Gasteiger partial charge in [0.2, 0.25) is 5.95 Å². The van der Waals surface area contributed by atoms with Crippen LogP contribution in [0.15, 0.2) is 18.5 Å². The van der Waals surface area contributed by atoms with Gasteiger partial charge >= 0.3 is 0 Å². The SMILES string of the molecule is Cc1ccnc(N2CCCC(n3cc(C(=O)NCCO)nn3)C2)n1. The Balaban J connectivity index is 1.69. The molecule has 1 fully saturated rings. The average molecular weight is 331 g/mol. The minimum atomic E-state index is -0.329. The molecule has 128 valence electrons. The van der Waals surface area contributed by atoms with Crippen LogP contribution in [-0.4, -0.2) is 62.2 Å². The first kappa shape index (κ1) is 16.3. The second-order valence-corrected chi connectivity index (χ2v) is 5.80. The van der Waals surface area contributed by atoms with E-state index in [1.54, 1.807) is 17.1 Å². The number of hydrogen-bond acceptors (Lipinski definition) is 7. The molecule has 0 radical (unpaired) electrons. The number of carbonyl (C=O) groups is 1. The molecule has 2 N–H and O–H groups in total. The topological polar surface area (TPSA) is 109 Å². The highest BCUT2D eigenvalue weighted by Crippen LogP contribution is 2.23. The lowest BCUT2D eigenvalue weighted by Gasteiger charge is -2.32. The van der Waals surface area contributed by atoms with Gasteiger partial charge in [-0.05, 0) is 25.8 Å². The zero-order valence-corrected chi connectivity index (χ0v) is 13.6. The Hall–Kier alpha value is -2.55. The minimum absolute atomic E-state index is 0.103. The van der Waals surface area contributed by atoms with E-state index in [1.807, 2.05) is 13.0 Å². The molecule has 1 unspecified atom stereocenters. The first-order valence-corrected chi connectivity index (χ1v) is 8.03. The van der Waals surface area contributed by atoms with Crippen LogP contribution in [0.2, 0.25) is 0 Å². The second-order valence-electron chi connectivity index (χ2n) is 5.80. The van der Waals surface area contributed by atoms with Gasteiger partial charge in [0.15, 0.2) is 5.69 Å². The summed E-state index contributed by atoms with van der Waals surface area (Å²) in [4.78, 5) is 22.8. The Labute approximate surface area is 139 Å². The van der Waals surface area contributed by atoms with Gasteiger partial charge in [0, 0.05) is 31.5 Å². The number of aliphatic hydroxyl groups is 1. The van der Waals surface area contributed by atoms with Crippen molar-refractivity contribution >= 4 is 11.9 Å². The van der Waals surface area contributed by atoms with Crippen LogP contribution in [-0.2, 0) is 0 Å². The highest BCUT2D eigenvalue weighted by atomic mass is 16.3. The van der Waals surface area contributed by atoms with Gasteiger partial charge in [-0.2, -0.15) is 0 Å². The Morgan fingerprint density at radius 3 is 3.17 bits per heavy atom. The van der Waals surface area contributed by atoms with E-state index in [9.17, 15) is 4.79 Å². The minimum Gasteiger partial charge on any atom is -0.395 e. The molecule has 1 aliphatic heterocycles. The van der Waals surface area contributed by atoms with Crippen molar-refractivity contribution in [2.45, 2.75) is 25.8 Å². The van der Waals surface area contributed by atoms with Crippen molar-refractivity contribution in [2.75, 3.05) is 31.1 Å². The van der Waals surface area contributed by atoms with Crippen molar-refractivity contribution in [1.29, 1.82) is 0 Å². The van der Waals surface area contributed by atoms with Crippen molar-refractivity contribution in [2.24, 2.45) is 0 Å². The number of amides is 1. The highest BCUT2D eigenvalue weighted by molar-refractivity contribution is 5.91. The zero-order valence-electron chi connectivity index (χ0n) is 13.6.